The Hall–Kier alpha value is -0.120. The zero-order valence-corrected chi connectivity index (χ0v) is 18.2. The summed E-state index contributed by atoms with van der Waals surface area (Å²) in [5.74, 6) is 4.33. The summed E-state index contributed by atoms with van der Waals surface area (Å²) < 4.78 is 66.7. The van der Waals surface area contributed by atoms with Crippen molar-refractivity contribution in [2.45, 2.75) is 9.79 Å². The molecule has 0 spiro atoms. The van der Waals surface area contributed by atoms with Gasteiger partial charge in [-0.1, -0.05) is 0 Å². The summed E-state index contributed by atoms with van der Waals surface area (Å²) in [5.41, 5.74) is 6.55. The number of benzene rings is 2. The van der Waals surface area contributed by atoms with Crippen molar-refractivity contribution < 1.29 is 90.2 Å². The molecular formula is C10H9N3Na2O7S2. The predicted octanol–water partition coefficient (Wildman–Crippen LogP) is -6.77. The molecule has 0 atom stereocenters. The van der Waals surface area contributed by atoms with Crippen molar-refractivity contribution >= 4 is 42.4 Å². The smallest absolute Gasteiger partial charge is 0.744 e. The number of nitrogen functional groups attached to an aromatic ring is 2. The molecule has 6 N–H and O–H groups in total. The van der Waals surface area contributed by atoms with Crippen molar-refractivity contribution in [2.75, 3.05) is 11.2 Å². The molecule has 0 unspecified atom stereocenters. The first kappa shape index (κ1) is 23.9. The molecule has 2 aromatic rings. The summed E-state index contributed by atoms with van der Waals surface area (Å²) >= 11 is 0. The van der Waals surface area contributed by atoms with Crippen LogP contribution in [-0.4, -0.2) is 31.0 Å². The number of hydrogen-bond donors (Lipinski definition) is 4. The number of phenols is 1. The first-order valence-corrected chi connectivity index (χ1v) is 8.26. The van der Waals surface area contributed by atoms with Crippen molar-refractivity contribution in [3.8, 4) is 5.75 Å². The molecular weight excluding hydrogens is 384 g/mol. The number of phenolic OH excluding ortho intramolecular Hbond substituents is 1. The van der Waals surface area contributed by atoms with Gasteiger partial charge in [-0.3, -0.25) is 5.84 Å². The zero-order valence-electron chi connectivity index (χ0n) is 12.6. The van der Waals surface area contributed by atoms with Crippen LogP contribution in [0, 0.1) is 0 Å². The second kappa shape index (κ2) is 8.05. The molecule has 0 saturated carbocycles. The first-order chi connectivity index (χ1) is 9.96. The first-order valence-electron chi connectivity index (χ1n) is 5.44. The van der Waals surface area contributed by atoms with Gasteiger partial charge < -0.3 is 25.4 Å². The molecule has 0 radical (unpaired) electrons. The predicted molar refractivity (Wildman–Crippen MR) is 73.8 cm³/mol. The average molecular weight is 393 g/mol. The van der Waals surface area contributed by atoms with Gasteiger partial charge in [0.25, 0.3) is 0 Å². The van der Waals surface area contributed by atoms with E-state index in [1.807, 2.05) is 5.43 Å². The molecule has 0 fully saturated rings. The molecule has 0 amide bonds. The summed E-state index contributed by atoms with van der Waals surface area (Å²) in [7, 11) is -9.91. The second-order valence-electron chi connectivity index (χ2n) is 4.26. The number of rotatable bonds is 3. The molecule has 0 aliphatic rings. The van der Waals surface area contributed by atoms with Crippen LogP contribution in [0.25, 0.3) is 10.8 Å². The Balaban J connectivity index is 0.00000264. The molecule has 0 bridgehead atoms. The van der Waals surface area contributed by atoms with E-state index in [2.05, 4.69) is 0 Å². The Bertz CT molecular complexity index is 993. The van der Waals surface area contributed by atoms with Gasteiger partial charge in [-0.15, -0.1) is 0 Å². The standard InChI is InChI=1S/C10H11N3O7S2.2Na/c11-6-3-5(21(15,16)17)1-4-2-7(22(18,19)20)9(13-12)10(14)8(4)6;;/h1-3,13-14H,11-12H2,(H,15,16,17)(H,18,19,20);;/q;2*+1/p-2. The average Bonchev–Trinajstić information content (AvgIpc) is 2.35. The third-order valence-electron chi connectivity index (χ3n) is 2.88. The van der Waals surface area contributed by atoms with Crippen LogP contribution in [0.4, 0.5) is 11.4 Å². The van der Waals surface area contributed by atoms with Gasteiger partial charge in [0.15, 0.2) is 5.75 Å². The van der Waals surface area contributed by atoms with E-state index in [4.69, 9.17) is 11.6 Å². The fraction of sp³-hybridized carbons (Fsp3) is 0. The monoisotopic (exact) mass is 393 g/mol. The molecule has 0 aliphatic heterocycles. The van der Waals surface area contributed by atoms with Crippen LogP contribution < -0.4 is 76.1 Å². The van der Waals surface area contributed by atoms with Gasteiger partial charge in [0.2, 0.25) is 0 Å². The maximum atomic E-state index is 11.2. The Morgan fingerprint density at radius 3 is 1.96 bits per heavy atom. The van der Waals surface area contributed by atoms with Gasteiger partial charge in [0.05, 0.1) is 9.79 Å². The summed E-state index contributed by atoms with van der Waals surface area (Å²) in [5, 5.41) is 9.63. The van der Waals surface area contributed by atoms with E-state index >= 15 is 0 Å². The Kier molecular flexibility index (Phi) is 8.01. The van der Waals surface area contributed by atoms with E-state index in [1.165, 1.54) is 0 Å². The minimum Gasteiger partial charge on any atom is -0.744 e. The molecule has 2 rings (SSSR count). The van der Waals surface area contributed by atoms with Crippen LogP contribution in [0.2, 0.25) is 0 Å². The van der Waals surface area contributed by atoms with Crippen LogP contribution in [0.3, 0.4) is 0 Å². The fourth-order valence-corrected chi connectivity index (χ4v) is 3.20. The Morgan fingerprint density at radius 1 is 1.00 bits per heavy atom. The number of fused-ring (bicyclic) bond motifs is 1. The van der Waals surface area contributed by atoms with E-state index in [0.29, 0.717) is 0 Å². The van der Waals surface area contributed by atoms with Crippen molar-refractivity contribution in [1.29, 1.82) is 0 Å². The summed E-state index contributed by atoms with van der Waals surface area (Å²) in [6.45, 7) is 0. The van der Waals surface area contributed by atoms with Gasteiger partial charge in [-0.2, -0.15) is 0 Å². The topological polar surface area (TPSA) is 199 Å². The van der Waals surface area contributed by atoms with Crippen molar-refractivity contribution in [1.82, 2.24) is 0 Å². The van der Waals surface area contributed by atoms with E-state index in [1.54, 1.807) is 0 Å². The Morgan fingerprint density at radius 2 is 1.54 bits per heavy atom. The summed E-state index contributed by atoms with van der Waals surface area (Å²) in [4.78, 5) is -1.65. The van der Waals surface area contributed by atoms with Crippen LogP contribution in [0.5, 0.6) is 5.75 Å². The molecule has 2 aromatic carbocycles. The summed E-state index contributed by atoms with van der Waals surface area (Å²) in [6, 6.07) is 2.36. The number of nitrogens with one attached hydrogen (secondary N) is 1. The number of nitrogens with two attached hydrogens (primary N) is 2. The van der Waals surface area contributed by atoms with E-state index in [0.717, 1.165) is 18.2 Å². The number of hydrazine groups is 1. The van der Waals surface area contributed by atoms with Crippen LogP contribution in [-0.2, 0) is 20.2 Å². The van der Waals surface area contributed by atoms with Crippen LogP contribution >= 0.6 is 0 Å². The minimum atomic E-state index is -5.04. The van der Waals surface area contributed by atoms with Crippen LogP contribution in [0.15, 0.2) is 28.0 Å². The van der Waals surface area contributed by atoms with E-state index < -0.39 is 41.5 Å². The van der Waals surface area contributed by atoms with Gasteiger partial charge in [0.1, 0.15) is 25.9 Å². The molecule has 14 heteroatoms. The maximum absolute atomic E-state index is 11.2. The number of hydrogen-bond acceptors (Lipinski definition) is 10. The summed E-state index contributed by atoms with van der Waals surface area (Å²) in [6.07, 6.45) is 0. The van der Waals surface area contributed by atoms with E-state index in [-0.39, 0.29) is 75.6 Å². The van der Waals surface area contributed by atoms with Crippen molar-refractivity contribution in [3.63, 3.8) is 0 Å². The molecule has 0 saturated heterocycles. The molecule has 120 valence electrons. The van der Waals surface area contributed by atoms with Crippen LogP contribution in [0.1, 0.15) is 0 Å². The number of anilines is 2. The number of aromatic hydroxyl groups is 1. The Labute approximate surface area is 181 Å². The minimum absolute atomic E-state index is 0. The van der Waals surface area contributed by atoms with E-state index in [9.17, 15) is 31.0 Å². The molecule has 0 aromatic heterocycles. The second-order valence-corrected chi connectivity index (χ2v) is 6.99. The van der Waals surface area contributed by atoms with Gasteiger partial charge in [0, 0.05) is 11.1 Å². The third kappa shape index (κ3) is 4.53. The maximum Gasteiger partial charge on any atom is 1.00 e. The molecule has 0 heterocycles. The normalized spacial score (nSPS) is 11.5. The van der Waals surface area contributed by atoms with Crippen molar-refractivity contribution in [3.05, 3.63) is 18.2 Å². The largest absolute Gasteiger partial charge is 1.00 e. The molecule has 24 heavy (non-hydrogen) atoms. The quantitative estimate of drug-likeness (QED) is 0.0970. The molecule has 10 nitrogen and oxygen atoms in total. The fourth-order valence-electron chi connectivity index (χ4n) is 1.98. The third-order valence-corrected chi connectivity index (χ3v) is 4.56. The van der Waals surface area contributed by atoms with Gasteiger partial charge in [-0.05, 0) is 23.6 Å². The zero-order chi connectivity index (χ0) is 16.9. The molecule has 0 aliphatic carbocycles. The van der Waals surface area contributed by atoms with Gasteiger partial charge in [-0.25, -0.2) is 16.8 Å². The van der Waals surface area contributed by atoms with Gasteiger partial charge >= 0.3 is 59.1 Å². The SMILES string of the molecule is NNc1c(S(=O)(=O)[O-])cc2cc(S(=O)(=O)[O-])cc(N)c2c1O.[Na+].[Na+]. The van der Waals surface area contributed by atoms with Crippen molar-refractivity contribution in [2.24, 2.45) is 5.84 Å².